The number of carbonyl (C=O) groups excluding carboxylic acids is 2. The summed E-state index contributed by atoms with van der Waals surface area (Å²) in [5.74, 6) is -1.54. The number of benzene rings is 3. The molecule has 0 spiro atoms. The van der Waals surface area contributed by atoms with Crippen molar-refractivity contribution < 1.29 is 22.4 Å². The highest BCUT2D eigenvalue weighted by Gasteiger charge is 2.34. The number of amides is 2. The number of rotatable bonds is 10. The van der Waals surface area contributed by atoms with E-state index in [-0.39, 0.29) is 29.5 Å². The lowest BCUT2D eigenvalue weighted by Crippen LogP contribution is -2.55. The second-order valence-corrected chi connectivity index (χ2v) is 12.8. The maximum Gasteiger partial charge on any atom is 0.264 e. The van der Waals surface area contributed by atoms with Crippen molar-refractivity contribution >= 4 is 39.1 Å². The molecule has 1 N–H and O–H groups in total. The summed E-state index contributed by atoms with van der Waals surface area (Å²) in [6.07, 6.45) is 0.285. The van der Waals surface area contributed by atoms with E-state index < -0.39 is 39.9 Å². The van der Waals surface area contributed by atoms with Crippen molar-refractivity contribution in [2.75, 3.05) is 10.8 Å². The first-order valence-corrected chi connectivity index (χ1v) is 14.7. The number of halogens is 2. The molecule has 0 radical (unpaired) electrons. The van der Waals surface area contributed by atoms with Crippen molar-refractivity contribution in [3.05, 3.63) is 94.8 Å². The summed E-state index contributed by atoms with van der Waals surface area (Å²) in [4.78, 5) is 28.6. The fourth-order valence-electron chi connectivity index (χ4n) is 4.16. The van der Waals surface area contributed by atoms with E-state index in [1.54, 1.807) is 55.5 Å². The van der Waals surface area contributed by atoms with E-state index in [1.165, 1.54) is 4.90 Å². The predicted molar refractivity (Wildman–Crippen MR) is 156 cm³/mol. The van der Waals surface area contributed by atoms with Crippen LogP contribution in [0.15, 0.2) is 77.7 Å². The highest BCUT2D eigenvalue weighted by Crippen LogP contribution is 2.26. The first kappa shape index (κ1) is 31.1. The molecule has 0 aromatic heterocycles. The number of aryl methyl sites for hydroxylation is 1. The van der Waals surface area contributed by atoms with Crippen LogP contribution in [0.4, 0.5) is 10.1 Å². The second-order valence-electron chi connectivity index (χ2n) is 10.6. The van der Waals surface area contributed by atoms with Crippen LogP contribution >= 0.6 is 11.6 Å². The van der Waals surface area contributed by atoms with E-state index in [9.17, 15) is 22.4 Å². The molecule has 3 rings (SSSR count). The van der Waals surface area contributed by atoms with Gasteiger partial charge >= 0.3 is 0 Å². The minimum absolute atomic E-state index is 0.00703. The van der Waals surface area contributed by atoms with Gasteiger partial charge in [-0.1, -0.05) is 54.4 Å². The average molecular weight is 588 g/mol. The zero-order valence-corrected chi connectivity index (χ0v) is 24.9. The monoisotopic (exact) mass is 587 g/mol. The largest absolute Gasteiger partial charge is 0.350 e. The van der Waals surface area contributed by atoms with Gasteiger partial charge in [0.1, 0.15) is 18.4 Å². The van der Waals surface area contributed by atoms with Crippen molar-refractivity contribution in [1.29, 1.82) is 0 Å². The molecule has 2 amide bonds. The van der Waals surface area contributed by atoms with E-state index in [0.717, 1.165) is 34.1 Å². The molecular weight excluding hydrogens is 553 g/mol. The third-order valence-corrected chi connectivity index (χ3v) is 8.34. The van der Waals surface area contributed by atoms with Crippen molar-refractivity contribution in [3.63, 3.8) is 0 Å². The quantitative estimate of drug-likeness (QED) is 0.329. The zero-order valence-electron chi connectivity index (χ0n) is 23.3. The number of anilines is 1. The normalized spacial score (nSPS) is 12.5. The van der Waals surface area contributed by atoms with Crippen molar-refractivity contribution in [2.24, 2.45) is 0 Å². The summed E-state index contributed by atoms with van der Waals surface area (Å²) in [6.45, 7) is 8.57. The first-order valence-electron chi connectivity index (χ1n) is 12.9. The van der Waals surface area contributed by atoms with Gasteiger partial charge in [0.25, 0.3) is 10.0 Å². The van der Waals surface area contributed by atoms with E-state index in [1.807, 2.05) is 27.7 Å². The van der Waals surface area contributed by atoms with Crippen molar-refractivity contribution in [2.45, 2.75) is 64.1 Å². The van der Waals surface area contributed by atoms with Crippen molar-refractivity contribution in [1.82, 2.24) is 10.2 Å². The third-order valence-electron chi connectivity index (χ3n) is 6.19. The Bertz CT molecular complexity index is 1440. The zero-order chi connectivity index (χ0) is 29.7. The molecule has 3 aromatic carbocycles. The van der Waals surface area contributed by atoms with Gasteiger partial charge in [0.05, 0.1) is 10.6 Å². The SMILES string of the molecule is CC[C@@H](C(=O)NC(C)(C)C)N(Cc1ccccc1Cl)C(=O)CN(c1ccc(C)cc1)S(=O)(=O)c1ccc(F)cc1. The fraction of sp³-hybridized carbons (Fsp3) is 0.333. The number of hydrogen-bond acceptors (Lipinski definition) is 4. The van der Waals surface area contributed by atoms with Crippen LogP contribution in [0, 0.1) is 12.7 Å². The van der Waals surface area contributed by atoms with Gasteiger partial charge in [0, 0.05) is 17.1 Å². The Kier molecular flexibility index (Phi) is 9.97. The van der Waals surface area contributed by atoms with Crippen LogP contribution in [0.25, 0.3) is 0 Å². The minimum Gasteiger partial charge on any atom is -0.350 e. The van der Waals surface area contributed by atoms with E-state index in [4.69, 9.17) is 11.6 Å². The van der Waals surface area contributed by atoms with Gasteiger partial charge in [-0.3, -0.25) is 13.9 Å². The smallest absolute Gasteiger partial charge is 0.264 e. The lowest BCUT2D eigenvalue weighted by Gasteiger charge is -2.35. The lowest BCUT2D eigenvalue weighted by molar-refractivity contribution is -0.141. The van der Waals surface area contributed by atoms with Crippen LogP contribution < -0.4 is 9.62 Å². The van der Waals surface area contributed by atoms with Crippen LogP contribution in [0.2, 0.25) is 5.02 Å². The summed E-state index contributed by atoms with van der Waals surface area (Å²) in [6, 6.07) is 17.2. The molecule has 7 nitrogen and oxygen atoms in total. The summed E-state index contributed by atoms with van der Waals surface area (Å²) >= 11 is 6.41. The number of sulfonamides is 1. The Labute approximate surface area is 241 Å². The summed E-state index contributed by atoms with van der Waals surface area (Å²) in [5.41, 5.74) is 1.22. The molecule has 0 fully saturated rings. The molecule has 0 unspecified atom stereocenters. The first-order chi connectivity index (χ1) is 18.7. The van der Waals surface area contributed by atoms with Gasteiger partial charge in [-0.15, -0.1) is 0 Å². The van der Waals surface area contributed by atoms with E-state index in [2.05, 4.69) is 5.32 Å². The Morgan fingerprint density at radius 3 is 2.12 bits per heavy atom. The lowest BCUT2D eigenvalue weighted by atomic mass is 10.1. The summed E-state index contributed by atoms with van der Waals surface area (Å²) < 4.78 is 42.2. The van der Waals surface area contributed by atoms with Crippen LogP contribution in [0.1, 0.15) is 45.2 Å². The highest BCUT2D eigenvalue weighted by molar-refractivity contribution is 7.92. The van der Waals surface area contributed by atoms with Crippen molar-refractivity contribution in [3.8, 4) is 0 Å². The van der Waals surface area contributed by atoms with Gasteiger partial charge < -0.3 is 10.2 Å². The van der Waals surface area contributed by atoms with E-state index >= 15 is 0 Å². The predicted octanol–water partition coefficient (Wildman–Crippen LogP) is 5.70. The molecule has 0 saturated carbocycles. The summed E-state index contributed by atoms with van der Waals surface area (Å²) in [5, 5.41) is 3.34. The van der Waals surface area contributed by atoms with Crippen LogP contribution in [-0.4, -0.2) is 43.3 Å². The van der Waals surface area contributed by atoms with Gasteiger partial charge in [-0.25, -0.2) is 12.8 Å². The molecule has 40 heavy (non-hydrogen) atoms. The summed E-state index contributed by atoms with van der Waals surface area (Å²) in [7, 11) is -4.28. The van der Waals surface area contributed by atoms with Gasteiger partial charge in [-0.05, 0) is 82.1 Å². The van der Waals surface area contributed by atoms with Gasteiger partial charge in [0.2, 0.25) is 11.8 Å². The van der Waals surface area contributed by atoms with Gasteiger partial charge in [-0.2, -0.15) is 0 Å². The Hall–Kier alpha value is -3.43. The molecule has 0 aliphatic carbocycles. The maximum absolute atomic E-state index is 14.0. The Morgan fingerprint density at radius 1 is 0.975 bits per heavy atom. The fourth-order valence-corrected chi connectivity index (χ4v) is 5.77. The number of carbonyl (C=O) groups is 2. The highest BCUT2D eigenvalue weighted by atomic mass is 35.5. The second kappa shape index (κ2) is 12.8. The standard InChI is InChI=1S/C30H35ClFN3O4S/c1-6-27(29(37)33-30(3,4)5)34(19-22-9-7-8-10-26(22)31)28(36)20-35(24-15-11-21(2)12-16-24)40(38,39)25-17-13-23(32)14-18-25/h7-18,27H,6,19-20H2,1-5H3,(H,33,37)/t27-/m0/s1. The number of nitrogens with zero attached hydrogens (tertiary/aromatic N) is 2. The molecule has 0 heterocycles. The molecule has 0 saturated heterocycles. The molecule has 0 aliphatic heterocycles. The molecule has 214 valence electrons. The van der Waals surface area contributed by atoms with Crippen LogP contribution in [0.3, 0.4) is 0 Å². The number of nitrogens with one attached hydrogen (secondary N) is 1. The molecule has 3 aromatic rings. The molecular formula is C30H35ClFN3O4S. The molecule has 1 atom stereocenters. The molecule has 0 bridgehead atoms. The Morgan fingerprint density at radius 2 is 1.57 bits per heavy atom. The van der Waals surface area contributed by atoms with E-state index in [0.29, 0.717) is 10.6 Å². The molecule has 0 aliphatic rings. The van der Waals surface area contributed by atoms with Gasteiger partial charge in [0.15, 0.2) is 0 Å². The van der Waals surface area contributed by atoms with Crippen LogP contribution in [0.5, 0.6) is 0 Å². The van der Waals surface area contributed by atoms with Crippen LogP contribution in [-0.2, 0) is 26.2 Å². The third kappa shape index (κ3) is 7.82. The average Bonchev–Trinajstić information content (AvgIpc) is 2.88. The minimum atomic E-state index is -4.28. The molecule has 10 heteroatoms. The topological polar surface area (TPSA) is 86.8 Å². The maximum atomic E-state index is 14.0. The number of hydrogen-bond donors (Lipinski definition) is 1. The Balaban J connectivity index is 2.08.